The minimum Gasteiger partial charge on any atom is -0.455 e. The molecule has 0 spiro atoms. The van der Waals surface area contributed by atoms with Crippen LogP contribution in [0.25, 0.3) is 22.3 Å². The zero-order chi connectivity index (χ0) is 26.4. The van der Waals surface area contributed by atoms with Crippen molar-refractivity contribution in [1.29, 1.82) is 5.26 Å². The first-order chi connectivity index (χ1) is 17.7. The summed E-state index contributed by atoms with van der Waals surface area (Å²) >= 11 is 0. The number of alkyl halides is 3. The van der Waals surface area contributed by atoms with Gasteiger partial charge in [0.25, 0.3) is 0 Å². The summed E-state index contributed by atoms with van der Waals surface area (Å²) in [5, 5.41) is 8.94. The molecule has 4 nitrogen and oxygen atoms in total. The first kappa shape index (κ1) is 25.6. The third-order valence-electron chi connectivity index (χ3n) is 5.42. The van der Waals surface area contributed by atoms with Crippen LogP contribution in [0.1, 0.15) is 18.9 Å². The molecule has 0 saturated heterocycles. The van der Waals surface area contributed by atoms with E-state index in [0.717, 1.165) is 23.3 Å². The van der Waals surface area contributed by atoms with E-state index < -0.39 is 24.2 Å². The van der Waals surface area contributed by atoms with Crippen molar-refractivity contribution in [1.82, 2.24) is 0 Å². The van der Waals surface area contributed by atoms with Gasteiger partial charge in [-0.1, -0.05) is 49.4 Å². The molecule has 1 unspecified atom stereocenters. The van der Waals surface area contributed by atoms with E-state index in [1.54, 1.807) is 36.4 Å². The van der Waals surface area contributed by atoms with E-state index in [1.807, 2.05) is 43.3 Å². The van der Waals surface area contributed by atoms with E-state index in [9.17, 15) is 17.6 Å². The Bertz CT molecular complexity index is 1380. The van der Waals surface area contributed by atoms with Crippen molar-refractivity contribution in [3.05, 3.63) is 102 Å². The summed E-state index contributed by atoms with van der Waals surface area (Å²) in [4.78, 5) is 0. The molecule has 0 aliphatic carbocycles. The highest BCUT2D eigenvalue weighted by atomic mass is 19.4. The molecule has 4 aromatic carbocycles. The average Bonchev–Trinajstić information content (AvgIpc) is 2.89. The molecule has 0 fully saturated rings. The molecule has 8 heteroatoms. The van der Waals surface area contributed by atoms with Crippen molar-refractivity contribution in [3.63, 3.8) is 0 Å². The van der Waals surface area contributed by atoms with Gasteiger partial charge in [-0.05, 0) is 70.8 Å². The summed E-state index contributed by atoms with van der Waals surface area (Å²) in [6.07, 6.45) is -4.97. The van der Waals surface area contributed by atoms with Crippen LogP contribution in [0.15, 0.2) is 91.0 Å². The number of halogens is 4. The second-order valence-electron chi connectivity index (χ2n) is 8.00. The minimum atomic E-state index is -4.97. The van der Waals surface area contributed by atoms with Gasteiger partial charge in [0.1, 0.15) is 11.5 Å². The van der Waals surface area contributed by atoms with Crippen molar-refractivity contribution in [2.45, 2.75) is 26.0 Å². The van der Waals surface area contributed by atoms with Crippen LogP contribution in [-0.2, 0) is 0 Å². The topological polar surface area (TPSA) is 51.5 Å². The van der Waals surface area contributed by atoms with Gasteiger partial charge in [0.05, 0.1) is 11.6 Å². The van der Waals surface area contributed by atoms with Gasteiger partial charge in [0, 0.05) is 6.42 Å². The largest absolute Gasteiger partial charge is 0.573 e. The van der Waals surface area contributed by atoms with Gasteiger partial charge in [-0.25, -0.2) is 4.39 Å². The predicted molar refractivity (Wildman–Crippen MR) is 130 cm³/mol. The Morgan fingerprint density at radius 3 is 1.62 bits per heavy atom. The van der Waals surface area contributed by atoms with Crippen molar-refractivity contribution in [3.8, 4) is 45.6 Å². The summed E-state index contributed by atoms with van der Waals surface area (Å²) < 4.78 is 66.6. The molecule has 0 saturated carbocycles. The van der Waals surface area contributed by atoms with Crippen LogP contribution in [0.3, 0.4) is 0 Å². The Kier molecular flexibility index (Phi) is 7.63. The van der Waals surface area contributed by atoms with Crippen LogP contribution in [0, 0.1) is 17.1 Å². The highest BCUT2D eigenvalue weighted by Gasteiger charge is 2.32. The molecule has 188 valence electrons. The van der Waals surface area contributed by atoms with Crippen LogP contribution in [0.5, 0.6) is 17.2 Å². The molecule has 0 heterocycles. The summed E-state index contributed by atoms with van der Waals surface area (Å²) in [5.74, 6) is -0.858. The summed E-state index contributed by atoms with van der Waals surface area (Å²) in [7, 11) is 0. The van der Waals surface area contributed by atoms with E-state index in [2.05, 4.69) is 10.8 Å². The first-order valence-electron chi connectivity index (χ1n) is 11.3. The third-order valence-corrected chi connectivity index (χ3v) is 5.42. The third kappa shape index (κ3) is 6.79. The van der Waals surface area contributed by atoms with E-state index in [0.29, 0.717) is 34.6 Å². The van der Waals surface area contributed by atoms with Gasteiger partial charge in [0.15, 0.2) is 11.6 Å². The Morgan fingerprint density at radius 2 is 1.19 bits per heavy atom. The molecular weight excluding hydrogens is 486 g/mol. The molecular formula is C29H21F4NO3. The van der Waals surface area contributed by atoms with E-state index in [1.165, 1.54) is 6.07 Å². The number of hydrogen-bond donors (Lipinski definition) is 0. The Morgan fingerprint density at radius 1 is 0.730 bits per heavy atom. The van der Waals surface area contributed by atoms with Crippen molar-refractivity contribution >= 4 is 0 Å². The van der Waals surface area contributed by atoms with E-state index in [-0.39, 0.29) is 0 Å². The number of rotatable bonds is 8. The lowest BCUT2D eigenvalue weighted by Crippen LogP contribution is -2.22. The van der Waals surface area contributed by atoms with E-state index >= 15 is 0 Å². The smallest absolute Gasteiger partial charge is 0.455 e. The maximum Gasteiger partial charge on any atom is 0.573 e. The number of ether oxygens (including phenoxy) is 3. The predicted octanol–water partition coefficient (Wildman–Crippen LogP) is 8.12. The van der Waals surface area contributed by atoms with Crippen molar-refractivity contribution < 1.29 is 31.8 Å². The number of benzene rings is 4. The lowest BCUT2D eigenvalue weighted by Gasteiger charge is -2.19. The molecule has 1 atom stereocenters. The second kappa shape index (κ2) is 11.0. The van der Waals surface area contributed by atoms with E-state index in [4.69, 9.17) is 14.7 Å². The quantitative estimate of drug-likeness (QED) is 0.179. The Hall–Kier alpha value is -4.51. The maximum absolute atomic E-state index is 14.0. The Balaban J connectivity index is 1.39. The molecule has 0 aliphatic heterocycles. The number of nitriles is 1. The molecule has 0 aromatic heterocycles. The normalized spacial score (nSPS) is 11.9. The SMILES string of the molecule is CCC(Oc1ccc(-c2ccc(C#N)cc2)cc1)Oc1ccc(-c2ccc(OC(F)(F)F)c(F)c2)cc1. The molecule has 0 N–H and O–H groups in total. The fraction of sp³-hybridized carbons (Fsp3) is 0.138. The molecule has 4 aromatic rings. The summed E-state index contributed by atoms with van der Waals surface area (Å²) in [6, 6.07) is 26.9. The molecule has 37 heavy (non-hydrogen) atoms. The number of nitrogens with zero attached hydrogens (tertiary/aromatic N) is 1. The van der Waals surface area contributed by atoms with Gasteiger partial charge < -0.3 is 14.2 Å². The van der Waals surface area contributed by atoms with Gasteiger partial charge in [-0.2, -0.15) is 5.26 Å². The van der Waals surface area contributed by atoms with Crippen LogP contribution in [0.2, 0.25) is 0 Å². The highest BCUT2D eigenvalue weighted by molar-refractivity contribution is 5.66. The zero-order valence-electron chi connectivity index (χ0n) is 19.6. The van der Waals surface area contributed by atoms with Crippen LogP contribution >= 0.6 is 0 Å². The van der Waals surface area contributed by atoms with Gasteiger partial charge in [-0.3, -0.25) is 0 Å². The first-order valence-corrected chi connectivity index (χ1v) is 11.3. The fourth-order valence-corrected chi connectivity index (χ4v) is 3.57. The summed E-state index contributed by atoms with van der Waals surface area (Å²) in [5.41, 5.74) is 3.55. The molecule has 0 radical (unpaired) electrons. The zero-order valence-corrected chi connectivity index (χ0v) is 19.6. The van der Waals surface area contributed by atoms with Crippen LogP contribution in [-0.4, -0.2) is 12.7 Å². The maximum atomic E-state index is 14.0. The molecule has 0 bridgehead atoms. The van der Waals surface area contributed by atoms with Crippen molar-refractivity contribution in [2.24, 2.45) is 0 Å². The average molecular weight is 507 g/mol. The van der Waals surface area contributed by atoms with Gasteiger partial charge in [-0.15, -0.1) is 13.2 Å². The van der Waals surface area contributed by atoms with Gasteiger partial charge >= 0.3 is 6.36 Å². The standard InChI is InChI=1S/C29H21F4NO3/c1-2-28(35-24-12-7-21(8-13-24)20-5-3-19(18-34)4-6-20)36-25-14-9-22(10-15-25)23-11-16-27(26(30)17-23)37-29(31,32)33/h3-17,28H,2H2,1H3. The fourth-order valence-electron chi connectivity index (χ4n) is 3.57. The minimum absolute atomic E-state index is 0.393. The summed E-state index contributed by atoms with van der Waals surface area (Å²) in [6.45, 7) is 1.91. The number of hydrogen-bond acceptors (Lipinski definition) is 4. The monoisotopic (exact) mass is 507 g/mol. The highest BCUT2D eigenvalue weighted by Crippen LogP contribution is 2.31. The molecule has 0 amide bonds. The van der Waals surface area contributed by atoms with Crippen LogP contribution < -0.4 is 14.2 Å². The lowest BCUT2D eigenvalue weighted by molar-refractivity contribution is -0.275. The van der Waals surface area contributed by atoms with Gasteiger partial charge in [0.2, 0.25) is 6.29 Å². The van der Waals surface area contributed by atoms with Crippen molar-refractivity contribution in [2.75, 3.05) is 0 Å². The molecule has 4 rings (SSSR count). The Labute approximate surface area is 211 Å². The molecule has 0 aliphatic rings. The lowest BCUT2D eigenvalue weighted by atomic mass is 10.0. The van der Waals surface area contributed by atoms with Crippen LogP contribution in [0.4, 0.5) is 17.6 Å². The second-order valence-corrected chi connectivity index (χ2v) is 8.00.